The van der Waals surface area contributed by atoms with Crippen LogP contribution in [0.4, 0.5) is 0 Å². The number of aromatic nitrogens is 3. The van der Waals surface area contributed by atoms with Crippen molar-refractivity contribution in [3.63, 3.8) is 0 Å². The Hall–Kier alpha value is -2.91. The first kappa shape index (κ1) is 23.3. The number of hydrogen-bond donors (Lipinski definition) is 1. The lowest BCUT2D eigenvalue weighted by atomic mass is 10.1. The van der Waals surface area contributed by atoms with Gasteiger partial charge in [0.25, 0.3) is 5.56 Å². The Morgan fingerprint density at radius 3 is 2.79 bits per heavy atom. The fourth-order valence-corrected chi connectivity index (χ4v) is 5.19. The van der Waals surface area contributed by atoms with Crippen LogP contribution in [0, 0.1) is 13.8 Å². The minimum absolute atomic E-state index is 0.0491. The van der Waals surface area contributed by atoms with Crippen LogP contribution in [0.25, 0.3) is 10.9 Å². The molecule has 1 N–H and O–H groups in total. The normalized spacial score (nSPS) is 16.8. The predicted octanol–water partition coefficient (Wildman–Crippen LogP) is 3.67. The molecule has 4 rings (SSSR count). The lowest BCUT2D eigenvalue weighted by molar-refractivity contribution is 0.0599. The van der Waals surface area contributed by atoms with Gasteiger partial charge in [0, 0.05) is 12.3 Å². The molecule has 0 spiro atoms. The molecule has 0 amide bonds. The Kier molecular flexibility index (Phi) is 6.71. The highest BCUT2D eigenvalue weighted by atomic mass is 32.2. The molecule has 174 valence electrons. The Morgan fingerprint density at radius 2 is 2.09 bits per heavy atom. The van der Waals surface area contributed by atoms with Crippen LogP contribution >= 0.6 is 11.8 Å². The number of aromatic amines is 1. The monoisotopic (exact) mass is 469 g/mol. The third-order valence-corrected chi connectivity index (χ3v) is 7.05. The van der Waals surface area contributed by atoms with Gasteiger partial charge < -0.3 is 14.5 Å². The maximum absolute atomic E-state index is 13.3. The van der Waals surface area contributed by atoms with Gasteiger partial charge in [-0.1, -0.05) is 23.9 Å². The summed E-state index contributed by atoms with van der Waals surface area (Å²) in [5, 5.41) is 0.470. The summed E-state index contributed by atoms with van der Waals surface area (Å²) in [6.07, 6.45) is 1.80. The van der Waals surface area contributed by atoms with Crippen LogP contribution in [-0.2, 0) is 16.0 Å². The van der Waals surface area contributed by atoms with Crippen molar-refractivity contribution in [2.45, 2.75) is 56.7 Å². The van der Waals surface area contributed by atoms with Crippen LogP contribution in [0.5, 0.6) is 0 Å². The van der Waals surface area contributed by atoms with Crippen LogP contribution in [-0.4, -0.2) is 51.4 Å². The number of nitrogens with one attached hydrogen (secondary N) is 1. The number of aryl methyl sites for hydroxylation is 1. The lowest BCUT2D eigenvalue weighted by Crippen LogP contribution is -2.29. The molecule has 0 aliphatic carbocycles. The second-order valence-electron chi connectivity index (χ2n) is 8.20. The molecule has 2 atom stereocenters. The summed E-state index contributed by atoms with van der Waals surface area (Å²) in [7, 11) is 1.31. The molecule has 0 bridgehead atoms. The number of ether oxygens (including phenoxy) is 2. The average molecular weight is 470 g/mol. The SMILES string of the molecule is COC(=O)c1c(C)[nH]c(C(=O)[C@H](C)Sc2nc3ccccc3c(=O)n2C[C@@H]2CCCO2)c1C. The summed E-state index contributed by atoms with van der Waals surface area (Å²) in [6.45, 7) is 6.32. The summed E-state index contributed by atoms with van der Waals surface area (Å²) in [4.78, 5) is 46.4. The topological polar surface area (TPSA) is 103 Å². The maximum atomic E-state index is 13.3. The Bertz CT molecular complexity index is 1270. The molecule has 8 nitrogen and oxygen atoms in total. The number of esters is 1. The number of fused-ring (bicyclic) bond motifs is 1. The number of methoxy groups -OCH3 is 1. The van der Waals surface area contributed by atoms with Gasteiger partial charge in [0.2, 0.25) is 0 Å². The first-order valence-corrected chi connectivity index (χ1v) is 11.8. The lowest BCUT2D eigenvalue weighted by Gasteiger charge is -2.18. The number of hydrogen-bond acceptors (Lipinski definition) is 7. The summed E-state index contributed by atoms with van der Waals surface area (Å²) in [5.41, 5.74) is 2.32. The van der Waals surface area contributed by atoms with E-state index in [-0.39, 0.29) is 17.4 Å². The smallest absolute Gasteiger partial charge is 0.339 e. The van der Waals surface area contributed by atoms with E-state index in [0.717, 1.165) is 12.8 Å². The molecule has 1 aliphatic heterocycles. The van der Waals surface area contributed by atoms with E-state index in [4.69, 9.17) is 14.5 Å². The molecule has 1 saturated heterocycles. The van der Waals surface area contributed by atoms with Crippen molar-refractivity contribution in [2.75, 3.05) is 13.7 Å². The number of para-hydroxylation sites is 1. The molecule has 1 fully saturated rings. The van der Waals surface area contributed by atoms with E-state index < -0.39 is 11.2 Å². The van der Waals surface area contributed by atoms with Gasteiger partial charge in [0.1, 0.15) is 0 Å². The van der Waals surface area contributed by atoms with Crippen LogP contribution in [0.15, 0.2) is 34.2 Å². The number of benzene rings is 1. The molecule has 2 aromatic heterocycles. The highest BCUT2D eigenvalue weighted by Gasteiger charge is 2.28. The molecule has 3 aromatic rings. The van der Waals surface area contributed by atoms with Gasteiger partial charge in [0.15, 0.2) is 10.9 Å². The van der Waals surface area contributed by atoms with Crippen molar-refractivity contribution in [1.29, 1.82) is 0 Å². The first-order chi connectivity index (χ1) is 15.8. The number of ketones is 1. The van der Waals surface area contributed by atoms with Gasteiger partial charge in [0.05, 0.1) is 47.2 Å². The third kappa shape index (κ3) is 4.47. The van der Waals surface area contributed by atoms with E-state index in [9.17, 15) is 14.4 Å². The number of carbonyl (C=O) groups excluding carboxylic acids is 2. The summed E-state index contributed by atoms with van der Waals surface area (Å²) < 4.78 is 12.2. The number of rotatable bonds is 7. The zero-order valence-electron chi connectivity index (χ0n) is 19.1. The van der Waals surface area contributed by atoms with E-state index in [1.54, 1.807) is 37.5 Å². The van der Waals surface area contributed by atoms with Crippen molar-refractivity contribution < 1.29 is 19.1 Å². The highest BCUT2D eigenvalue weighted by Crippen LogP contribution is 2.28. The quantitative estimate of drug-likeness (QED) is 0.244. The highest BCUT2D eigenvalue weighted by molar-refractivity contribution is 8.00. The summed E-state index contributed by atoms with van der Waals surface area (Å²) >= 11 is 1.23. The third-order valence-electron chi connectivity index (χ3n) is 5.96. The minimum atomic E-state index is -0.545. The van der Waals surface area contributed by atoms with Crippen LogP contribution < -0.4 is 5.56 Å². The molecular weight excluding hydrogens is 442 g/mol. The zero-order chi connectivity index (χ0) is 23.7. The minimum Gasteiger partial charge on any atom is -0.465 e. The fraction of sp³-hybridized carbons (Fsp3) is 0.417. The Balaban J connectivity index is 1.68. The second kappa shape index (κ2) is 9.52. The predicted molar refractivity (Wildman–Crippen MR) is 126 cm³/mol. The van der Waals surface area contributed by atoms with Crippen molar-refractivity contribution in [1.82, 2.24) is 14.5 Å². The van der Waals surface area contributed by atoms with Crippen molar-refractivity contribution in [3.05, 3.63) is 57.1 Å². The van der Waals surface area contributed by atoms with E-state index >= 15 is 0 Å². The van der Waals surface area contributed by atoms with E-state index in [1.807, 2.05) is 12.1 Å². The summed E-state index contributed by atoms with van der Waals surface area (Å²) in [5.74, 6) is -0.663. The van der Waals surface area contributed by atoms with Gasteiger partial charge in [-0.2, -0.15) is 0 Å². The van der Waals surface area contributed by atoms with Crippen molar-refractivity contribution in [2.24, 2.45) is 0 Å². The zero-order valence-corrected chi connectivity index (χ0v) is 20.0. The van der Waals surface area contributed by atoms with E-state index in [2.05, 4.69) is 4.98 Å². The van der Waals surface area contributed by atoms with E-state index in [0.29, 0.717) is 51.7 Å². The second-order valence-corrected chi connectivity index (χ2v) is 9.51. The summed E-state index contributed by atoms with van der Waals surface area (Å²) in [6, 6.07) is 7.21. The molecule has 0 saturated carbocycles. The van der Waals surface area contributed by atoms with Gasteiger partial charge in [-0.25, -0.2) is 9.78 Å². The number of thioether (sulfide) groups is 1. The van der Waals surface area contributed by atoms with Gasteiger partial charge in [-0.05, 0) is 51.3 Å². The molecule has 0 unspecified atom stereocenters. The molecule has 9 heteroatoms. The van der Waals surface area contributed by atoms with Crippen molar-refractivity contribution in [3.8, 4) is 0 Å². The largest absolute Gasteiger partial charge is 0.465 e. The standard InChI is InChI=1S/C24H27N3O5S/c1-13-19(23(30)31-4)14(2)25-20(13)21(28)15(3)33-24-26-18-10-6-5-9-17(18)22(29)27(24)12-16-8-7-11-32-16/h5-6,9-10,15-16,25H,7-8,11-12H2,1-4H3/t15-,16-/m0/s1. The van der Waals surface area contributed by atoms with Gasteiger partial charge in [-0.15, -0.1) is 0 Å². The molecular formula is C24H27N3O5S. The van der Waals surface area contributed by atoms with Crippen LogP contribution in [0.2, 0.25) is 0 Å². The van der Waals surface area contributed by atoms with Gasteiger partial charge in [-0.3, -0.25) is 14.2 Å². The average Bonchev–Trinajstić information content (AvgIpc) is 3.42. The van der Waals surface area contributed by atoms with Gasteiger partial charge >= 0.3 is 5.97 Å². The molecule has 0 radical (unpaired) electrons. The molecule has 1 aliphatic rings. The maximum Gasteiger partial charge on any atom is 0.339 e. The fourth-order valence-electron chi connectivity index (χ4n) is 4.21. The molecule has 3 heterocycles. The number of carbonyl (C=O) groups is 2. The molecule has 33 heavy (non-hydrogen) atoms. The van der Waals surface area contributed by atoms with Crippen LogP contribution in [0.3, 0.4) is 0 Å². The molecule has 1 aromatic carbocycles. The number of H-pyrrole nitrogens is 1. The van der Waals surface area contributed by atoms with Crippen molar-refractivity contribution >= 4 is 34.4 Å². The first-order valence-electron chi connectivity index (χ1n) is 10.9. The Labute approximate surface area is 195 Å². The number of Topliss-reactive ketones (excluding diaryl/α,β-unsaturated/α-hetero) is 1. The Morgan fingerprint density at radius 1 is 1.33 bits per heavy atom. The number of nitrogens with zero attached hydrogens (tertiary/aromatic N) is 2. The van der Waals surface area contributed by atoms with E-state index in [1.165, 1.54) is 18.9 Å². The van der Waals surface area contributed by atoms with Crippen LogP contribution in [0.1, 0.15) is 51.9 Å².